The topological polar surface area (TPSA) is 74.6 Å². The van der Waals surface area contributed by atoms with Gasteiger partial charge in [0.05, 0.1) is 0 Å². The van der Waals surface area contributed by atoms with Gasteiger partial charge in [-0.1, -0.05) is 13.8 Å². The number of carboxylic acids is 2. The minimum atomic E-state index is -0.745. The van der Waals surface area contributed by atoms with Crippen LogP contribution in [0.4, 0.5) is 0 Å². The van der Waals surface area contributed by atoms with Crippen LogP contribution >= 0.6 is 0 Å². The molecule has 0 aliphatic heterocycles. The van der Waals surface area contributed by atoms with Gasteiger partial charge in [0.15, 0.2) is 0 Å². The molecule has 70 valence electrons. The Hall–Kier alpha value is -0.372. The Morgan fingerprint density at radius 3 is 1.09 bits per heavy atom. The van der Waals surface area contributed by atoms with Gasteiger partial charge in [0.1, 0.15) is 0 Å². The van der Waals surface area contributed by atoms with Gasteiger partial charge in [0, 0.05) is 33.9 Å². The van der Waals surface area contributed by atoms with Crippen LogP contribution in [-0.4, -0.2) is 22.2 Å². The zero-order chi connectivity index (χ0) is 8.57. The van der Waals surface area contributed by atoms with Gasteiger partial charge in [-0.05, 0) is 0 Å². The molecule has 0 aromatic heterocycles. The molecule has 5 heteroatoms. The maximum atomic E-state index is 9.37. The van der Waals surface area contributed by atoms with Gasteiger partial charge in [-0.25, -0.2) is 0 Å². The van der Waals surface area contributed by atoms with Crippen molar-refractivity contribution in [3.05, 3.63) is 0 Å². The molecule has 11 heavy (non-hydrogen) atoms. The molecule has 0 saturated heterocycles. The van der Waals surface area contributed by atoms with Gasteiger partial charge in [0.2, 0.25) is 0 Å². The van der Waals surface area contributed by atoms with Crippen molar-refractivity contribution < 1.29 is 40.9 Å². The summed E-state index contributed by atoms with van der Waals surface area (Å²) in [6.07, 6.45) is 0.444. The summed E-state index contributed by atoms with van der Waals surface area (Å²) in [4.78, 5) is 18.7. The zero-order valence-electron chi connectivity index (χ0n) is 6.44. The Morgan fingerprint density at radius 1 is 1.00 bits per heavy atom. The van der Waals surface area contributed by atoms with E-state index >= 15 is 0 Å². The second-order valence-electron chi connectivity index (χ2n) is 1.49. The molecule has 0 aliphatic rings. The molecule has 0 saturated carbocycles. The van der Waals surface area contributed by atoms with Gasteiger partial charge in [0.25, 0.3) is 0 Å². The molecular formula is C6H12O4Pt. The van der Waals surface area contributed by atoms with Crippen LogP contribution in [0.3, 0.4) is 0 Å². The molecular weight excluding hydrogens is 331 g/mol. The van der Waals surface area contributed by atoms with Crippen LogP contribution < -0.4 is 0 Å². The van der Waals surface area contributed by atoms with E-state index in [1.54, 1.807) is 13.8 Å². The van der Waals surface area contributed by atoms with Crippen molar-refractivity contribution >= 4 is 11.9 Å². The Kier molecular flexibility index (Phi) is 19.0. The van der Waals surface area contributed by atoms with E-state index in [9.17, 15) is 9.59 Å². The average molecular weight is 343 g/mol. The average Bonchev–Trinajstić information content (AvgIpc) is 1.89. The van der Waals surface area contributed by atoms with E-state index in [4.69, 9.17) is 10.2 Å². The third-order valence-electron chi connectivity index (χ3n) is 0.605. The summed E-state index contributed by atoms with van der Waals surface area (Å²) >= 11 is 0. The smallest absolute Gasteiger partial charge is 0.303 e. The van der Waals surface area contributed by atoms with Crippen LogP contribution in [0.1, 0.15) is 26.7 Å². The SMILES string of the molecule is CCC(=O)O.CCC(=O)O.[Pt]. The first kappa shape index (κ1) is 16.9. The number of aliphatic carboxylic acids is 2. The summed E-state index contributed by atoms with van der Waals surface area (Å²) in [5.41, 5.74) is 0. The summed E-state index contributed by atoms with van der Waals surface area (Å²) in [7, 11) is 0. The molecule has 2 N–H and O–H groups in total. The van der Waals surface area contributed by atoms with Crippen molar-refractivity contribution in [2.75, 3.05) is 0 Å². The normalized spacial score (nSPS) is 6.73. The summed E-state index contributed by atoms with van der Waals surface area (Å²) in [5.74, 6) is -1.49. The largest absolute Gasteiger partial charge is 0.481 e. The minimum Gasteiger partial charge on any atom is -0.481 e. The summed E-state index contributed by atoms with van der Waals surface area (Å²) < 4.78 is 0. The van der Waals surface area contributed by atoms with Gasteiger partial charge >= 0.3 is 11.9 Å². The maximum Gasteiger partial charge on any atom is 0.303 e. The van der Waals surface area contributed by atoms with Crippen molar-refractivity contribution in [3.63, 3.8) is 0 Å². The number of hydrogen-bond acceptors (Lipinski definition) is 2. The number of hydrogen-bond donors (Lipinski definition) is 2. The summed E-state index contributed by atoms with van der Waals surface area (Å²) in [6.45, 7) is 3.20. The van der Waals surface area contributed by atoms with Crippen LogP contribution in [0.25, 0.3) is 0 Å². The Bertz CT molecular complexity index is 99.1. The van der Waals surface area contributed by atoms with E-state index < -0.39 is 11.9 Å². The number of carboxylic acid groups (broad SMARTS) is 2. The monoisotopic (exact) mass is 343 g/mol. The van der Waals surface area contributed by atoms with Crippen LogP contribution in [-0.2, 0) is 30.7 Å². The van der Waals surface area contributed by atoms with Gasteiger partial charge < -0.3 is 10.2 Å². The van der Waals surface area contributed by atoms with Crippen molar-refractivity contribution in [1.82, 2.24) is 0 Å². The molecule has 0 unspecified atom stereocenters. The van der Waals surface area contributed by atoms with Crippen LogP contribution in [0.5, 0.6) is 0 Å². The van der Waals surface area contributed by atoms with Crippen LogP contribution in [0.2, 0.25) is 0 Å². The minimum absolute atomic E-state index is 0. The predicted molar refractivity (Wildman–Crippen MR) is 35.9 cm³/mol. The molecule has 0 spiro atoms. The fourth-order valence-corrected chi connectivity index (χ4v) is 0. The molecule has 0 amide bonds. The quantitative estimate of drug-likeness (QED) is 0.783. The van der Waals surface area contributed by atoms with Crippen molar-refractivity contribution in [2.24, 2.45) is 0 Å². The fraction of sp³-hybridized carbons (Fsp3) is 0.667. The first-order valence-electron chi connectivity index (χ1n) is 2.98. The first-order chi connectivity index (χ1) is 4.54. The first-order valence-corrected chi connectivity index (χ1v) is 2.98. The second kappa shape index (κ2) is 12.3. The van der Waals surface area contributed by atoms with E-state index in [0.717, 1.165) is 0 Å². The Morgan fingerprint density at radius 2 is 1.09 bits per heavy atom. The van der Waals surface area contributed by atoms with Crippen LogP contribution in [0, 0.1) is 0 Å². The van der Waals surface area contributed by atoms with Gasteiger partial charge in [-0.15, -0.1) is 0 Å². The molecule has 0 radical (unpaired) electrons. The molecule has 0 heterocycles. The number of carbonyl (C=O) groups is 2. The fourth-order valence-electron chi connectivity index (χ4n) is 0. The molecule has 0 atom stereocenters. The Balaban J connectivity index is -0.000000107. The molecule has 0 fully saturated rings. The van der Waals surface area contributed by atoms with Crippen molar-refractivity contribution in [1.29, 1.82) is 0 Å². The summed E-state index contributed by atoms with van der Waals surface area (Å²) in [6, 6.07) is 0. The molecule has 0 rings (SSSR count). The summed E-state index contributed by atoms with van der Waals surface area (Å²) in [5, 5.41) is 15.4. The molecule has 0 bridgehead atoms. The second-order valence-corrected chi connectivity index (χ2v) is 1.49. The van der Waals surface area contributed by atoms with Gasteiger partial charge in [-0.3, -0.25) is 9.59 Å². The van der Waals surface area contributed by atoms with Crippen molar-refractivity contribution in [3.8, 4) is 0 Å². The third kappa shape index (κ3) is 42.6. The predicted octanol–water partition coefficient (Wildman–Crippen LogP) is 0.960. The van der Waals surface area contributed by atoms with Gasteiger partial charge in [-0.2, -0.15) is 0 Å². The van der Waals surface area contributed by atoms with E-state index in [-0.39, 0.29) is 33.9 Å². The zero-order valence-corrected chi connectivity index (χ0v) is 8.71. The standard InChI is InChI=1S/2C3H6O2.Pt/c2*1-2-3(4)5;/h2*2H2,1H3,(H,4,5);. The van der Waals surface area contributed by atoms with E-state index in [2.05, 4.69) is 0 Å². The maximum absolute atomic E-state index is 9.37. The number of rotatable bonds is 2. The molecule has 0 aromatic rings. The third-order valence-corrected chi connectivity index (χ3v) is 0.605. The molecule has 4 nitrogen and oxygen atoms in total. The Labute approximate surface area is 79.9 Å². The molecule has 0 aliphatic carbocycles. The van der Waals surface area contributed by atoms with Crippen LogP contribution in [0.15, 0.2) is 0 Å². The van der Waals surface area contributed by atoms with E-state index in [0.29, 0.717) is 0 Å². The van der Waals surface area contributed by atoms with E-state index in [1.165, 1.54) is 0 Å². The molecule has 0 aromatic carbocycles. The van der Waals surface area contributed by atoms with Crippen molar-refractivity contribution in [2.45, 2.75) is 26.7 Å². The van der Waals surface area contributed by atoms with E-state index in [1.807, 2.05) is 0 Å².